The molecule has 0 aromatic heterocycles. The van der Waals surface area contributed by atoms with Crippen LogP contribution in [0.5, 0.6) is 5.75 Å². The zero-order chi connectivity index (χ0) is 23.9. The first-order chi connectivity index (χ1) is 16.5. The fourth-order valence-electron chi connectivity index (χ4n) is 4.30. The van der Waals surface area contributed by atoms with Crippen molar-refractivity contribution in [3.05, 3.63) is 94.5 Å². The largest absolute Gasteiger partial charge is 0.506 e. The molecule has 178 valence electrons. The molecule has 1 atom stereocenters. The second-order valence-electron chi connectivity index (χ2n) is 8.84. The molecule has 6 heteroatoms. The Hall–Kier alpha value is -2.86. The summed E-state index contributed by atoms with van der Waals surface area (Å²) in [5.74, 6) is -0.00303. The van der Waals surface area contributed by atoms with E-state index in [-0.39, 0.29) is 23.9 Å². The topological polar surface area (TPSA) is 61.8 Å². The molecule has 0 radical (unpaired) electrons. The van der Waals surface area contributed by atoms with Crippen LogP contribution in [0.2, 0.25) is 5.02 Å². The highest BCUT2D eigenvalue weighted by Crippen LogP contribution is 2.31. The number of carbonyl (C=O) groups excluding carboxylic acids is 1. The van der Waals surface area contributed by atoms with E-state index in [0.717, 1.165) is 42.6 Å². The molecule has 1 fully saturated rings. The van der Waals surface area contributed by atoms with Crippen LogP contribution < -0.4 is 5.32 Å². The molecule has 0 saturated carbocycles. The smallest absolute Gasteiger partial charge is 0.225 e. The summed E-state index contributed by atoms with van der Waals surface area (Å²) < 4.78 is 6.60. The van der Waals surface area contributed by atoms with Crippen molar-refractivity contribution in [2.45, 2.75) is 38.4 Å². The quantitative estimate of drug-likeness (QED) is 0.392. The number of likely N-dealkylation sites (tertiary alicyclic amines) is 1. The summed E-state index contributed by atoms with van der Waals surface area (Å²) in [5, 5.41) is 13.5. The summed E-state index contributed by atoms with van der Waals surface area (Å²) in [5.41, 5.74) is 3.67. The van der Waals surface area contributed by atoms with Crippen molar-refractivity contribution >= 4 is 23.2 Å². The first-order valence-electron chi connectivity index (χ1n) is 11.8. The normalized spacial score (nSPS) is 15.7. The summed E-state index contributed by atoms with van der Waals surface area (Å²) >= 11 is 6.09. The lowest BCUT2D eigenvalue weighted by Gasteiger charge is -2.34. The fraction of sp³-hybridized carbons (Fsp3) is 0.321. The number of halogens is 1. The van der Waals surface area contributed by atoms with Gasteiger partial charge in [-0.05, 0) is 60.7 Å². The van der Waals surface area contributed by atoms with Crippen LogP contribution in [0.3, 0.4) is 0 Å². The lowest BCUT2D eigenvalue weighted by Crippen LogP contribution is -2.39. The number of nitrogens with one attached hydrogen (secondary N) is 1. The van der Waals surface area contributed by atoms with Crippen molar-refractivity contribution in [1.29, 1.82) is 0 Å². The van der Waals surface area contributed by atoms with Gasteiger partial charge in [0.2, 0.25) is 5.91 Å². The fourth-order valence-corrected chi connectivity index (χ4v) is 4.42. The summed E-state index contributed by atoms with van der Waals surface area (Å²) in [7, 11) is 0. The Labute approximate surface area is 206 Å². The van der Waals surface area contributed by atoms with Gasteiger partial charge in [-0.3, -0.25) is 4.79 Å². The first kappa shape index (κ1) is 24.3. The number of benzene rings is 3. The molecule has 1 aliphatic heterocycles. The van der Waals surface area contributed by atoms with Crippen molar-refractivity contribution in [3.63, 3.8) is 0 Å². The third-order valence-corrected chi connectivity index (χ3v) is 6.47. The summed E-state index contributed by atoms with van der Waals surface area (Å²) in [4.78, 5) is 14.7. The van der Waals surface area contributed by atoms with Crippen molar-refractivity contribution < 1.29 is 14.6 Å². The summed E-state index contributed by atoms with van der Waals surface area (Å²) in [6.07, 6.45) is 2.23. The van der Waals surface area contributed by atoms with E-state index in [2.05, 4.69) is 22.3 Å². The molecule has 34 heavy (non-hydrogen) atoms. The Morgan fingerprint density at radius 3 is 2.44 bits per heavy atom. The van der Waals surface area contributed by atoms with E-state index < -0.39 is 0 Å². The molecule has 3 aromatic rings. The molecule has 1 saturated heterocycles. The molecule has 4 rings (SSSR count). The van der Waals surface area contributed by atoms with Crippen molar-refractivity contribution in [2.24, 2.45) is 0 Å². The van der Waals surface area contributed by atoms with Gasteiger partial charge in [-0.1, -0.05) is 60.1 Å². The number of hydrogen-bond donors (Lipinski definition) is 2. The number of piperidine rings is 1. The lowest BCUT2D eigenvalue weighted by atomic mass is 10.00. The Morgan fingerprint density at radius 2 is 1.74 bits per heavy atom. The number of phenolic OH excluding ortho intramolecular Hbond substituents is 1. The second-order valence-corrected chi connectivity index (χ2v) is 9.27. The molecule has 0 bridgehead atoms. The molecule has 2 N–H and O–H groups in total. The average molecular weight is 479 g/mol. The van der Waals surface area contributed by atoms with Gasteiger partial charge < -0.3 is 20.1 Å². The average Bonchev–Trinajstić information content (AvgIpc) is 2.85. The first-order valence-corrected chi connectivity index (χ1v) is 12.1. The van der Waals surface area contributed by atoms with Crippen LogP contribution in [0.1, 0.15) is 42.1 Å². The number of amides is 1. The van der Waals surface area contributed by atoms with Crippen LogP contribution in [-0.4, -0.2) is 41.7 Å². The molecule has 1 unspecified atom stereocenters. The summed E-state index contributed by atoms with van der Waals surface area (Å²) in [6, 6.07) is 23.3. The van der Waals surface area contributed by atoms with Crippen LogP contribution in [0.4, 0.5) is 5.69 Å². The number of aryl methyl sites for hydroxylation is 1. The van der Waals surface area contributed by atoms with Gasteiger partial charge in [0.05, 0.1) is 11.8 Å². The molecule has 5 nitrogen and oxygen atoms in total. The van der Waals surface area contributed by atoms with Gasteiger partial charge in [-0.25, -0.2) is 0 Å². The zero-order valence-corrected chi connectivity index (χ0v) is 20.2. The molecule has 1 aliphatic rings. The van der Waals surface area contributed by atoms with Crippen LogP contribution in [0.25, 0.3) is 0 Å². The monoisotopic (exact) mass is 478 g/mol. The predicted molar refractivity (Wildman–Crippen MR) is 136 cm³/mol. The maximum absolute atomic E-state index is 12.4. The number of ether oxygens (including phenoxy) is 1. The van der Waals surface area contributed by atoms with E-state index in [1.807, 2.05) is 55.5 Å². The van der Waals surface area contributed by atoms with Crippen LogP contribution in [0, 0.1) is 6.92 Å². The highest BCUT2D eigenvalue weighted by molar-refractivity contribution is 6.30. The van der Waals surface area contributed by atoms with Crippen molar-refractivity contribution in [3.8, 4) is 5.75 Å². The molecule has 0 spiro atoms. The van der Waals surface area contributed by atoms with Gasteiger partial charge in [-0.2, -0.15) is 0 Å². The standard InChI is InChI=1S/C28H31ClN2O3/c1-20-7-12-26(32)25(19-20)30-27(33)15-18-31-16-13-24(14-17-31)34-28(21-5-3-2-4-6-21)22-8-10-23(29)11-9-22/h2-12,19,24,28,32H,13-18H2,1H3,(H,30,33). The van der Waals surface area contributed by atoms with Crippen molar-refractivity contribution in [2.75, 3.05) is 25.0 Å². The van der Waals surface area contributed by atoms with E-state index >= 15 is 0 Å². The second kappa shape index (κ2) is 11.5. The Balaban J connectivity index is 1.29. The number of rotatable bonds is 8. The number of anilines is 1. The number of hydrogen-bond acceptors (Lipinski definition) is 4. The van der Waals surface area contributed by atoms with Crippen molar-refractivity contribution in [1.82, 2.24) is 4.90 Å². The summed E-state index contributed by atoms with van der Waals surface area (Å²) in [6.45, 7) is 4.38. The Morgan fingerprint density at radius 1 is 1.06 bits per heavy atom. The van der Waals surface area contributed by atoms with E-state index in [1.54, 1.807) is 12.1 Å². The minimum absolute atomic E-state index is 0.0885. The molecular weight excluding hydrogens is 448 g/mol. The lowest BCUT2D eigenvalue weighted by molar-refractivity contribution is -0.116. The number of phenols is 1. The molecule has 0 aliphatic carbocycles. The van der Waals surface area contributed by atoms with E-state index in [4.69, 9.17) is 16.3 Å². The minimum atomic E-state index is -0.136. The Kier molecular flexibility index (Phi) is 8.22. The van der Waals surface area contributed by atoms with Gasteiger partial charge in [0.25, 0.3) is 0 Å². The minimum Gasteiger partial charge on any atom is -0.506 e. The number of aromatic hydroxyl groups is 1. The van der Waals surface area contributed by atoms with Gasteiger partial charge in [0, 0.05) is 31.1 Å². The van der Waals surface area contributed by atoms with Gasteiger partial charge >= 0.3 is 0 Å². The van der Waals surface area contributed by atoms with Crippen LogP contribution in [0.15, 0.2) is 72.8 Å². The molecule has 1 heterocycles. The zero-order valence-electron chi connectivity index (χ0n) is 19.4. The molecule has 3 aromatic carbocycles. The molecule has 1 amide bonds. The van der Waals surface area contributed by atoms with Crippen LogP contribution in [-0.2, 0) is 9.53 Å². The highest BCUT2D eigenvalue weighted by Gasteiger charge is 2.25. The maximum atomic E-state index is 12.4. The number of carbonyl (C=O) groups is 1. The van der Waals surface area contributed by atoms with Gasteiger partial charge in [-0.15, -0.1) is 0 Å². The third kappa shape index (κ3) is 6.60. The maximum Gasteiger partial charge on any atom is 0.225 e. The number of nitrogens with zero attached hydrogens (tertiary/aromatic N) is 1. The third-order valence-electron chi connectivity index (χ3n) is 6.22. The predicted octanol–water partition coefficient (Wildman–Crippen LogP) is 5.95. The van der Waals surface area contributed by atoms with E-state index in [1.165, 1.54) is 0 Å². The SMILES string of the molecule is Cc1ccc(O)c(NC(=O)CCN2CCC(OC(c3ccccc3)c3ccc(Cl)cc3)CC2)c1. The van der Waals surface area contributed by atoms with E-state index in [9.17, 15) is 9.90 Å². The Bertz CT molecular complexity index is 1080. The van der Waals surface area contributed by atoms with Gasteiger partial charge in [0.1, 0.15) is 11.9 Å². The molecular formula is C28H31ClN2O3. The van der Waals surface area contributed by atoms with Gasteiger partial charge in [0.15, 0.2) is 0 Å². The highest BCUT2D eigenvalue weighted by atomic mass is 35.5. The van der Waals surface area contributed by atoms with Crippen LogP contribution >= 0.6 is 11.6 Å². The van der Waals surface area contributed by atoms with E-state index in [0.29, 0.717) is 23.7 Å².